The molecule has 0 amide bonds. The number of hydrogen-bond acceptors (Lipinski definition) is 4. The lowest BCUT2D eigenvalue weighted by molar-refractivity contribution is 0.266. The molecule has 0 aromatic heterocycles. The van der Waals surface area contributed by atoms with Gasteiger partial charge in [-0.15, -0.1) is 0 Å². The Morgan fingerprint density at radius 1 is 1.44 bits per heavy atom. The predicted octanol–water partition coefficient (Wildman–Crippen LogP) is -0.227. The summed E-state index contributed by atoms with van der Waals surface area (Å²) in [6.07, 6.45) is 4.11. The molecule has 0 aromatic rings. The second-order valence-electron chi connectivity index (χ2n) is 4.30. The van der Waals surface area contributed by atoms with Crippen LogP contribution in [0.15, 0.2) is 0 Å². The topological polar surface area (TPSA) is 69.6 Å². The third-order valence-corrected chi connectivity index (χ3v) is 4.91. The molecule has 16 heavy (non-hydrogen) atoms. The van der Waals surface area contributed by atoms with Gasteiger partial charge in [-0.1, -0.05) is 6.42 Å². The number of piperidine rings is 1. The maximum absolute atomic E-state index is 11.8. The minimum absolute atomic E-state index is 0.128. The fraction of sp³-hybridized carbons (Fsp3) is 1.00. The number of sulfonamides is 1. The average molecular weight is 250 g/mol. The zero-order chi connectivity index (χ0) is 12.0. The molecule has 1 fully saturated rings. The molecule has 96 valence electrons. The summed E-state index contributed by atoms with van der Waals surface area (Å²) in [7, 11) is -1.67. The van der Waals surface area contributed by atoms with Gasteiger partial charge in [0.1, 0.15) is 0 Å². The van der Waals surface area contributed by atoms with Gasteiger partial charge in [0.2, 0.25) is 10.0 Å². The molecule has 1 rings (SSSR count). The summed E-state index contributed by atoms with van der Waals surface area (Å²) in [6, 6.07) is 0.339. The molecule has 6 heteroatoms. The Labute approximate surface area is 97.9 Å². The Hall–Kier alpha value is -0.170. The molecular formula is C10H22N2O3S. The maximum Gasteiger partial charge on any atom is 0.213 e. The average Bonchev–Trinajstić information content (AvgIpc) is 2.28. The van der Waals surface area contributed by atoms with E-state index in [1.807, 2.05) is 0 Å². The predicted molar refractivity (Wildman–Crippen MR) is 63.8 cm³/mol. The quantitative estimate of drug-likeness (QED) is 0.683. The molecule has 1 saturated heterocycles. The maximum atomic E-state index is 11.8. The molecule has 0 bridgehead atoms. The zero-order valence-corrected chi connectivity index (χ0v) is 10.7. The van der Waals surface area contributed by atoms with Gasteiger partial charge in [0.25, 0.3) is 0 Å². The minimum Gasteiger partial charge on any atom is -0.395 e. The van der Waals surface area contributed by atoms with Gasteiger partial charge in [-0.25, -0.2) is 12.7 Å². The molecule has 5 nitrogen and oxygen atoms in total. The molecule has 1 aliphatic rings. The Morgan fingerprint density at radius 3 is 2.75 bits per heavy atom. The van der Waals surface area contributed by atoms with Gasteiger partial charge in [0.05, 0.1) is 12.4 Å². The number of hydrogen-bond donors (Lipinski definition) is 2. The fourth-order valence-electron chi connectivity index (χ4n) is 1.90. The van der Waals surface area contributed by atoms with E-state index in [0.717, 1.165) is 13.0 Å². The van der Waals surface area contributed by atoms with Crippen molar-refractivity contribution in [1.29, 1.82) is 0 Å². The Morgan fingerprint density at radius 2 is 2.19 bits per heavy atom. The van der Waals surface area contributed by atoms with Crippen LogP contribution >= 0.6 is 0 Å². The van der Waals surface area contributed by atoms with Gasteiger partial charge < -0.3 is 10.4 Å². The third-order valence-electron chi connectivity index (χ3n) is 3.03. The Balaban J connectivity index is 2.34. The summed E-state index contributed by atoms with van der Waals surface area (Å²) in [5, 5.41) is 12.0. The lowest BCUT2D eigenvalue weighted by Crippen LogP contribution is -2.38. The number of nitrogens with one attached hydrogen (secondary N) is 1. The molecular weight excluding hydrogens is 228 g/mol. The Kier molecular flexibility index (Phi) is 5.68. The number of rotatable bonds is 6. The first kappa shape index (κ1) is 13.9. The van der Waals surface area contributed by atoms with Crippen molar-refractivity contribution in [3.8, 4) is 0 Å². The van der Waals surface area contributed by atoms with E-state index < -0.39 is 10.0 Å². The van der Waals surface area contributed by atoms with Crippen LogP contribution in [0.5, 0.6) is 0 Å². The summed E-state index contributed by atoms with van der Waals surface area (Å²) >= 11 is 0. The number of nitrogens with zero attached hydrogens (tertiary/aromatic N) is 1. The second-order valence-corrected chi connectivity index (χ2v) is 6.49. The van der Waals surface area contributed by atoms with Gasteiger partial charge in [-0.2, -0.15) is 0 Å². The van der Waals surface area contributed by atoms with E-state index in [2.05, 4.69) is 5.32 Å². The van der Waals surface area contributed by atoms with Gasteiger partial charge in [-0.05, 0) is 25.8 Å². The molecule has 0 aliphatic carbocycles. The molecule has 0 saturated carbocycles. The molecule has 1 unspecified atom stereocenters. The fourth-order valence-corrected chi connectivity index (χ4v) is 3.15. The van der Waals surface area contributed by atoms with Crippen LogP contribution in [-0.2, 0) is 10.0 Å². The summed E-state index contributed by atoms with van der Waals surface area (Å²) < 4.78 is 24.7. The van der Waals surface area contributed by atoms with Gasteiger partial charge in [0, 0.05) is 19.6 Å². The standard InChI is InChI=1S/C10H22N2O3S/c1-12(7-8-13)16(14,15)9-5-10-4-2-3-6-11-10/h10-11,13H,2-9H2,1H3. The van der Waals surface area contributed by atoms with Crippen molar-refractivity contribution in [2.24, 2.45) is 0 Å². The van der Waals surface area contributed by atoms with Crippen LogP contribution in [0.4, 0.5) is 0 Å². The number of aliphatic hydroxyl groups is 1. The lowest BCUT2D eigenvalue weighted by atomic mass is 10.0. The largest absolute Gasteiger partial charge is 0.395 e. The van der Waals surface area contributed by atoms with Gasteiger partial charge in [-0.3, -0.25) is 0 Å². The normalized spacial score (nSPS) is 22.6. The molecule has 0 aromatic carbocycles. The van der Waals surface area contributed by atoms with Crippen molar-refractivity contribution in [3.63, 3.8) is 0 Å². The minimum atomic E-state index is -3.19. The van der Waals surface area contributed by atoms with Crippen molar-refractivity contribution in [1.82, 2.24) is 9.62 Å². The van der Waals surface area contributed by atoms with Crippen LogP contribution in [0.1, 0.15) is 25.7 Å². The van der Waals surface area contributed by atoms with E-state index >= 15 is 0 Å². The highest BCUT2D eigenvalue weighted by molar-refractivity contribution is 7.89. The van der Waals surface area contributed by atoms with Gasteiger partial charge in [0.15, 0.2) is 0 Å². The van der Waals surface area contributed by atoms with Crippen LogP contribution in [0.25, 0.3) is 0 Å². The molecule has 0 radical (unpaired) electrons. The molecule has 0 spiro atoms. The SMILES string of the molecule is CN(CCO)S(=O)(=O)CCC1CCCCN1. The summed E-state index contributed by atoms with van der Waals surface area (Å²) in [5.41, 5.74) is 0. The molecule has 2 N–H and O–H groups in total. The molecule has 1 heterocycles. The van der Waals surface area contributed by atoms with E-state index in [9.17, 15) is 8.42 Å². The van der Waals surface area contributed by atoms with Crippen LogP contribution in [0.2, 0.25) is 0 Å². The van der Waals surface area contributed by atoms with Gasteiger partial charge >= 0.3 is 0 Å². The van der Waals surface area contributed by atoms with Crippen molar-refractivity contribution in [2.45, 2.75) is 31.7 Å². The highest BCUT2D eigenvalue weighted by Gasteiger charge is 2.20. The monoisotopic (exact) mass is 250 g/mol. The van der Waals surface area contributed by atoms with Crippen molar-refractivity contribution >= 4 is 10.0 Å². The highest BCUT2D eigenvalue weighted by atomic mass is 32.2. The number of likely N-dealkylation sites (N-methyl/N-ethyl adjacent to an activating group) is 1. The van der Waals surface area contributed by atoms with Crippen LogP contribution in [0, 0.1) is 0 Å². The highest BCUT2D eigenvalue weighted by Crippen LogP contribution is 2.12. The number of aliphatic hydroxyl groups excluding tert-OH is 1. The first-order valence-corrected chi connectivity index (χ1v) is 7.45. The molecule has 1 atom stereocenters. The summed E-state index contributed by atoms with van der Waals surface area (Å²) in [5.74, 6) is 0.168. The first-order chi connectivity index (χ1) is 7.56. The van der Waals surface area contributed by atoms with Crippen LogP contribution in [0.3, 0.4) is 0 Å². The first-order valence-electron chi connectivity index (χ1n) is 5.84. The smallest absolute Gasteiger partial charge is 0.213 e. The van der Waals surface area contributed by atoms with Crippen LogP contribution < -0.4 is 5.32 Å². The van der Waals surface area contributed by atoms with E-state index in [-0.39, 0.29) is 18.9 Å². The van der Waals surface area contributed by atoms with E-state index in [0.29, 0.717) is 12.5 Å². The summed E-state index contributed by atoms with van der Waals surface area (Å²) in [4.78, 5) is 0. The second kappa shape index (κ2) is 6.54. The van der Waals surface area contributed by atoms with E-state index in [1.54, 1.807) is 0 Å². The molecule has 1 aliphatic heterocycles. The van der Waals surface area contributed by atoms with Crippen molar-refractivity contribution in [2.75, 3.05) is 32.5 Å². The van der Waals surface area contributed by atoms with Crippen LogP contribution in [-0.4, -0.2) is 56.4 Å². The summed E-state index contributed by atoms with van der Waals surface area (Å²) in [6.45, 7) is 1.05. The zero-order valence-electron chi connectivity index (χ0n) is 9.85. The third kappa shape index (κ3) is 4.37. The lowest BCUT2D eigenvalue weighted by Gasteiger charge is -2.24. The Bertz CT molecular complexity index is 286. The van der Waals surface area contributed by atoms with E-state index in [1.165, 1.54) is 24.2 Å². The van der Waals surface area contributed by atoms with E-state index in [4.69, 9.17) is 5.11 Å². The van der Waals surface area contributed by atoms with Crippen molar-refractivity contribution < 1.29 is 13.5 Å². The van der Waals surface area contributed by atoms with Crippen molar-refractivity contribution in [3.05, 3.63) is 0 Å².